The number of methoxy groups -OCH3 is 2. The van der Waals surface area contributed by atoms with Gasteiger partial charge in [0, 0.05) is 22.4 Å². The highest BCUT2D eigenvalue weighted by molar-refractivity contribution is 14.1. The van der Waals surface area contributed by atoms with Gasteiger partial charge in [-0.25, -0.2) is 5.06 Å². The molecule has 0 radical (unpaired) electrons. The van der Waals surface area contributed by atoms with Crippen LogP contribution in [0.4, 0.5) is 0 Å². The van der Waals surface area contributed by atoms with Crippen LogP contribution in [0.25, 0.3) is 0 Å². The summed E-state index contributed by atoms with van der Waals surface area (Å²) < 4.78 is 13.7. The van der Waals surface area contributed by atoms with Gasteiger partial charge in [-0.2, -0.15) is 0 Å². The van der Waals surface area contributed by atoms with Crippen LogP contribution in [-0.2, 0) is 11.4 Å². The van der Waals surface area contributed by atoms with Crippen LogP contribution in [0.3, 0.4) is 0 Å². The van der Waals surface area contributed by atoms with Crippen LogP contribution in [0.5, 0.6) is 11.5 Å². The molecule has 2 rings (SSSR count). The van der Waals surface area contributed by atoms with Crippen LogP contribution < -0.4 is 9.47 Å². The first-order valence-corrected chi connectivity index (χ1v) is 7.98. The zero-order valence-corrected chi connectivity index (χ0v) is 15.7. The van der Waals surface area contributed by atoms with Crippen molar-refractivity contribution in [3.05, 3.63) is 45.3 Å². The highest BCUT2D eigenvalue weighted by Crippen LogP contribution is 2.35. The van der Waals surface area contributed by atoms with E-state index in [1.165, 1.54) is 12.2 Å². The maximum atomic E-state index is 12.3. The first-order valence-electron chi connectivity index (χ1n) is 6.90. The lowest BCUT2D eigenvalue weighted by molar-refractivity contribution is -0.0762. The van der Waals surface area contributed by atoms with Crippen LogP contribution in [0.1, 0.15) is 16.1 Å². The van der Waals surface area contributed by atoms with Gasteiger partial charge >= 0.3 is 0 Å². The Morgan fingerprint density at radius 1 is 1.22 bits per heavy atom. The maximum absolute atomic E-state index is 12.3. The van der Waals surface area contributed by atoms with Crippen LogP contribution >= 0.6 is 22.6 Å². The van der Waals surface area contributed by atoms with Gasteiger partial charge in [-0.1, -0.05) is 0 Å². The summed E-state index contributed by atoms with van der Waals surface area (Å²) in [5.41, 5.74) is 1.49. The smallest absolute Gasteiger partial charge is 0.293 e. The fourth-order valence-corrected chi connectivity index (χ4v) is 2.87. The number of benzene rings is 1. The molecule has 0 N–H and O–H groups in total. The van der Waals surface area contributed by atoms with Crippen LogP contribution in [-0.4, -0.2) is 43.9 Å². The maximum Gasteiger partial charge on any atom is 0.293 e. The van der Waals surface area contributed by atoms with Gasteiger partial charge in [0.05, 0.1) is 27.9 Å². The number of halogens is 1. The molecule has 0 aliphatic heterocycles. The molecule has 0 saturated carbocycles. The van der Waals surface area contributed by atoms with Crippen molar-refractivity contribution in [2.24, 2.45) is 0 Å². The van der Waals surface area contributed by atoms with Gasteiger partial charge in [0.1, 0.15) is 5.69 Å². The van der Waals surface area contributed by atoms with Gasteiger partial charge in [-0.05, 0) is 46.9 Å². The Kier molecular flexibility index (Phi) is 5.89. The number of hydrogen-bond acceptors (Lipinski definition) is 4. The third kappa shape index (κ3) is 3.61. The fraction of sp³-hybridized carbons (Fsp3) is 0.312. The van der Waals surface area contributed by atoms with Gasteiger partial charge in [0.2, 0.25) is 0 Å². The lowest BCUT2D eigenvalue weighted by atomic mass is 10.1. The molecular formula is C16H19IN2O4. The topological polar surface area (TPSA) is 52.9 Å². The summed E-state index contributed by atoms with van der Waals surface area (Å²) in [4.78, 5) is 17.3. The van der Waals surface area contributed by atoms with Gasteiger partial charge in [-0.3, -0.25) is 9.63 Å². The number of hydroxylamine groups is 2. The van der Waals surface area contributed by atoms with Gasteiger partial charge in [0.25, 0.3) is 5.91 Å². The summed E-state index contributed by atoms with van der Waals surface area (Å²) in [7, 11) is 6.25. The number of carbonyl (C=O) groups is 1. The van der Waals surface area contributed by atoms with Gasteiger partial charge in [-0.15, -0.1) is 0 Å². The second-order valence-corrected chi connectivity index (χ2v) is 5.93. The predicted molar refractivity (Wildman–Crippen MR) is 94.9 cm³/mol. The van der Waals surface area contributed by atoms with Crippen molar-refractivity contribution in [3.8, 4) is 11.5 Å². The molecular weight excluding hydrogens is 411 g/mol. The summed E-state index contributed by atoms with van der Waals surface area (Å²) >= 11 is 2.25. The molecule has 0 saturated heterocycles. The minimum Gasteiger partial charge on any atom is -0.493 e. The molecule has 2 aromatic rings. The Morgan fingerprint density at radius 2 is 1.96 bits per heavy atom. The Balaban J connectivity index is 2.41. The minimum atomic E-state index is -0.214. The van der Waals surface area contributed by atoms with E-state index in [1.54, 1.807) is 27.3 Å². The molecule has 0 fully saturated rings. The molecule has 7 heteroatoms. The molecule has 0 atom stereocenters. The van der Waals surface area contributed by atoms with Crippen LogP contribution in [0, 0.1) is 3.57 Å². The molecule has 0 unspecified atom stereocenters. The molecule has 1 aromatic heterocycles. The number of rotatable bonds is 6. The molecule has 0 aliphatic rings. The molecule has 1 heterocycles. The van der Waals surface area contributed by atoms with E-state index in [1.807, 2.05) is 29.0 Å². The quantitative estimate of drug-likeness (QED) is 0.523. The summed E-state index contributed by atoms with van der Waals surface area (Å²) in [6.07, 6.45) is 1.85. The monoisotopic (exact) mass is 430 g/mol. The van der Waals surface area contributed by atoms with Crippen molar-refractivity contribution >= 4 is 28.5 Å². The normalized spacial score (nSPS) is 10.5. The first-order chi connectivity index (χ1) is 11.0. The Labute approximate surface area is 149 Å². The number of carbonyl (C=O) groups excluding carboxylic acids is 1. The summed E-state index contributed by atoms with van der Waals surface area (Å²) in [5.74, 6) is 1.12. The summed E-state index contributed by atoms with van der Waals surface area (Å²) in [5, 5.41) is 1.19. The van der Waals surface area contributed by atoms with Crippen LogP contribution in [0.2, 0.25) is 0 Å². The second kappa shape index (κ2) is 7.69. The zero-order valence-electron chi connectivity index (χ0n) is 13.5. The Bertz CT molecular complexity index is 699. The van der Waals surface area contributed by atoms with Gasteiger partial charge in [0.15, 0.2) is 11.5 Å². The van der Waals surface area contributed by atoms with Crippen molar-refractivity contribution < 1.29 is 19.1 Å². The number of amides is 1. The first kappa shape index (κ1) is 17.6. The SMILES string of the molecule is COc1ccc(I)c(Cn2cccc2C(=O)N(C)OC)c1OC. The molecule has 1 aromatic carbocycles. The highest BCUT2D eigenvalue weighted by atomic mass is 127. The molecule has 124 valence electrons. The molecule has 0 spiro atoms. The predicted octanol–water partition coefficient (Wildman–Crippen LogP) is 2.79. The van der Waals surface area contributed by atoms with E-state index in [9.17, 15) is 4.79 Å². The fourth-order valence-electron chi connectivity index (χ4n) is 2.27. The van der Waals surface area contributed by atoms with E-state index in [4.69, 9.17) is 14.3 Å². The van der Waals surface area contributed by atoms with Crippen molar-refractivity contribution in [2.75, 3.05) is 28.4 Å². The lowest BCUT2D eigenvalue weighted by Gasteiger charge is -2.18. The van der Waals surface area contributed by atoms with Crippen molar-refractivity contribution in [1.29, 1.82) is 0 Å². The summed E-state index contributed by atoms with van der Waals surface area (Å²) in [6, 6.07) is 7.42. The van der Waals surface area contributed by atoms with Crippen LogP contribution in [0.15, 0.2) is 30.5 Å². The lowest BCUT2D eigenvalue weighted by Crippen LogP contribution is -2.27. The van der Waals surface area contributed by atoms with Crippen molar-refractivity contribution in [1.82, 2.24) is 9.63 Å². The van der Waals surface area contributed by atoms with Crippen molar-refractivity contribution in [2.45, 2.75) is 6.54 Å². The average molecular weight is 430 g/mol. The third-order valence-electron chi connectivity index (χ3n) is 3.53. The number of aromatic nitrogens is 1. The van der Waals surface area contributed by atoms with Crippen molar-refractivity contribution in [3.63, 3.8) is 0 Å². The Morgan fingerprint density at radius 3 is 2.57 bits per heavy atom. The average Bonchev–Trinajstić information content (AvgIpc) is 3.03. The highest BCUT2D eigenvalue weighted by Gasteiger charge is 2.19. The van der Waals surface area contributed by atoms with E-state index in [-0.39, 0.29) is 5.91 Å². The molecule has 0 aliphatic carbocycles. The van der Waals surface area contributed by atoms with E-state index in [2.05, 4.69) is 22.6 Å². The molecule has 0 bridgehead atoms. The molecule has 23 heavy (non-hydrogen) atoms. The third-order valence-corrected chi connectivity index (χ3v) is 4.54. The largest absolute Gasteiger partial charge is 0.493 e. The van der Waals surface area contributed by atoms with Gasteiger partial charge < -0.3 is 14.0 Å². The van der Waals surface area contributed by atoms with E-state index < -0.39 is 0 Å². The van der Waals surface area contributed by atoms with E-state index >= 15 is 0 Å². The molecule has 1 amide bonds. The Hall–Kier alpha value is -1.74. The molecule has 6 nitrogen and oxygen atoms in total. The minimum absolute atomic E-state index is 0.214. The number of ether oxygens (including phenoxy) is 2. The van der Waals surface area contributed by atoms with E-state index in [0.29, 0.717) is 23.7 Å². The number of hydrogen-bond donors (Lipinski definition) is 0. The number of nitrogens with zero attached hydrogens (tertiary/aromatic N) is 2. The zero-order chi connectivity index (χ0) is 17.0. The second-order valence-electron chi connectivity index (χ2n) is 4.77. The summed E-state index contributed by atoms with van der Waals surface area (Å²) in [6.45, 7) is 0.490. The standard InChI is InChI=1S/C16H19IN2O4/c1-18(23-4)16(20)13-6-5-9-19(13)10-11-12(17)7-8-14(21-2)15(11)22-3/h5-9H,10H2,1-4H3. The van der Waals surface area contributed by atoms with E-state index in [0.717, 1.165) is 9.13 Å².